The summed E-state index contributed by atoms with van der Waals surface area (Å²) in [5, 5.41) is 18.0. The second kappa shape index (κ2) is 4.28. The fraction of sp³-hybridized carbons (Fsp3) is 0.125. The van der Waals surface area contributed by atoms with Gasteiger partial charge in [0.05, 0.1) is 9.99 Å². The van der Waals surface area contributed by atoms with Crippen molar-refractivity contribution in [2.75, 3.05) is 0 Å². The van der Waals surface area contributed by atoms with E-state index in [2.05, 4.69) is 15.9 Å². The van der Waals surface area contributed by atoms with Crippen molar-refractivity contribution in [1.82, 2.24) is 0 Å². The maximum atomic E-state index is 10.4. The Hall–Kier alpha value is -0.300. The van der Waals surface area contributed by atoms with Crippen LogP contribution < -0.4 is 0 Å². The lowest BCUT2D eigenvalue weighted by molar-refractivity contribution is -0.136. The Labute approximate surface area is 97.0 Å². The first-order chi connectivity index (χ1) is 6.00. The van der Waals surface area contributed by atoms with Crippen LogP contribution in [-0.2, 0) is 11.2 Å². The minimum Gasteiger partial charge on any atom is -0.507 e. The number of aromatic hydroxyl groups is 1. The molecule has 0 radical (unpaired) electrons. The van der Waals surface area contributed by atoms with Crippen LogP contribution in [0, 0.1) is 3.57 Å². The standard InChI is InChI=1S/C8H6BrIO3/c9-5-1-4(2-7(11)12)8(13)6(10)3-5/h1,3,13H,2H2,(H,11,12). The van der Waals surface area contributed by atoms with Crippen LogP contribution in [0.1, 0.15) is 5.56 Å². The van der Waals surface area contributed by atoms with Crippen LogP contribution in [0.5, 0.6) is 5.75 Å². The first-order valence-electron chi connectivity index (χ1n) is 3.39. The van der Waals surface area contributed by atoms with Gasteiger partial charge in [0.1, 0.15) is 5.75 Å². The number of rotatable bonds is 2. The maximum Gasteiger partial charge on any atom is 0.307 e. The normalized spacial score (nSPS) is 10.0. The lowest BCUT2D eigenvalue weighted by Crippen LogP contribution is -2.00. The summed E-state index contributed by atoms with van der Waals surface area (Å²) in [6.07, 6.45) is -0.165. The van der Waals surface area contributed by atoms with E-state index in [4.69, 9.17) is 5.11 Å². The third kappa shape index (κ3) is 2.84. The molecule has 1 aromatic carbocycles. The van der Waals surface area contributed by atoms with Crippen LogP contribution in [-0.4, -0.2) is 16.2 Å². The first-order valence-corrected chi connectivity index (χ1v) is 5.26. The monoisotopic (exact) mass is 356 g/mol. The quantitative estimate of drug-likeness (QED) is 0.800. The predicted molar refractivity (Wildman–Crippen MR) is 59.9 cm³/mol. The fourth-order valence-corrected chi connectivity index (χ4v) is 2.53. The average molecular weight is 357 g/mol. The van der Waals surface area contributed by atoms with Crippen molar-refractivity contribution in [3.8, 4) is 5.75 Å². The summed E-state index contributed by atoms with van der Waals surface area (Å²) in [6.45, 7) is 0. The van der Waals surface area contributed by atoms with E-state index in [1.54, 1.807) is 12.1 Å². The molecule has 70 valence electrons. The van der Waals surface area contributed by atoms with E-state index >= 15 is 0 Å². The molecule has 5 heteroatoms. The summed E-state index contributed by atoms with van der Waals surface area (Å²) in [7, 11) is 0. The van der Waals surface area contributed by atoms with E-state index in [0.29, 0.717) is 9.13 Å². The van der Waals surface area contributed by atoms with Crippen molar-refractivity contribution in [1.29, 1.82) is 0 Å². The van der Waals surface area contributed by atoms with Gasteiger partial charge in [0, 0.05) is 10.0 Å². The Balaban J connectivity index is 3.12. The molecule has 0 aliphatic carbocycles. The van der Waals surface area contributed by atoms with Crippen LogP contribution in [0.3, 0.4) is 0 Å². The number of hydrogen-bond donors (Lipinski definition) is 2. The molecule has 0 saturated carbocycles. The van der Waals surface area contributed by atoms with E-state index < -0.39 is 5.97 Å². The first kappa shape index (κ1) is 10.8. The Kier molecular flexibility index (Phi) is 3.55. The highest BCUT2D eigenvalue weighted by molar-refractivity contribution is 14.1. The van der Waals surface area contributed by atoms with Crippen molar-refractivity contribution < 1.29 is 15.0 Å². The van der Waals surface area contributed by atoms with Gasteiger partial charge in [0.25, 0.3) is 0 Å². The molecule has 0 saturated heterocycles. The number of carboxylic acid groups (broad SMARTS) is 1. The van der Waals surface area contributed by atoms with E-state index in [0.717, 1.165) is 4.47 Å². The molecule has 0 amide bonds. The summed E-state index contributed by atoms with van der Waals surface area (Å²) in [6, 6.07) is 3.33. The smallest absolute Gasteiger partial charge is 0.307 e. The van der Waals surface area contributed by atoms with Crippen LogP contribution in [0.25, 0.3) is 0 Å². The lowest BCUT2D eigenvalue weighted by atomic mass is 10.1. The van der Waals surface area contributed by atoms with Crippen molar-refractivity contribution >= 4 is 44.5 Å². The molecule has 0 atom stereocenters. The van der Waals surface area contributed by atoms with Gasteiger partial charge >= 0.3 is 5.97 Å². The van der Waals surface area contributed by atoms with Gasteiger partial charge < -0.3 is 10.2 Å². The zero-order chi connectivity index (χ0) is 10.0. The molecule has 0 aromatic heterocycles. The van der Waals surface area contributed by atoms with Gasteiger partial charge in [-0.2, -0.15) is 0 Å². The summed E-state index contributed by atoms with van der Waals surface area (Å²) in [4.78, 5) is 10.4. The van der Waals surface area contributed by atoms with Crippen molar-refractivity contribution in [2.24, 2.45) is 0 Å². The topological polar surface area (TPSA) is 57.5 Å². The fourth-order valence-electron chi connectivity index (χ4n) is 0.917. The van der Waals surface area contributed by atoms with Gasteiger partial charge in [-0.05, 0) is 34.7 Å². The molecule has 0 fully saturated rings. The molecule has 0 spiro atoms. The van der Waals surface area contributed by atoms with Crippen molar-refractivity contribution in [3.05, 3.63) is 25.7 Å². The number of phenols is 1. The van der Waals surface area contributed by atoms with Gasteiger partial charge in [-0.1, -0.05) is 15.9 Å². The molecule has 13 heavy (non-hydrogen) atoms. The Morgan fingerprint density at radius 3 is 2.69 bits per heavy atom. The summed E-state index contributed by atoms with van der Waals surface area (Å²) >= 11 is 5.18. The van der Waals surface area contributed by atoms with Crippen LogP contribution in [0.4, 0.5) is 0 Å². The average Bonchev–Trinajstić information content (AvgIpc) is 1.98. The van der Waals surface area contributed by atoms with Gasteiger partial charge in [0.2, 0.25) is 0 Å². The molecule has 0 aliphatic rings. The minimum absolute atomic E-state index is 0.0474. The van der Waals surface area contributed by atoms with E-state index in [1.165, 1.54) is 0 Å². The highest BCUT2D eigenvalue weighted by atomic mass is 127. The van der Waals surface area contributed by atoms with Gasteiger partial charge in [0.15, 0.2) is 0 Å². The van der Waals surface area contributed by atoms with E-state index in [-0.39, 0.29) is 12.2 Å². The maximum absolute atomic E-state index is 10.4. The molecule has 1 rings (SSSR count). The Bertz CT molecular complexity index is 351. The molecular weight excluding hydrogens is 351 g/mol. The highest BCUT2D eigenvalue weighted by Crippen LogP contribution is 2.28. The molecule has 3 nitrogen and oxygen atoms in total. The number of carboxylic acids is 1. The van der Waals surface area contributed by atoms with Gasteiger partial charge in [-0.3, -0.25) is 4.79 Å². The zero-order valence-electron chi connectivity index (χ0n) is 6.42. The largest absolute Gasteiger partial charge is 0.507 e. The molecule has 0 aliphatic heterocycles. The van der Waals surface area contributed by atoms with Gasteiger partial charge in [-0.25, -0.2) is 0 Å². The van der Waals surface area contributed by atoms with E-state index in [1.807, 2.05) is 22.6 Å². The number of carbonyl (C=O) groups is 1. The second-order valence-corrected chi connectivity index (χ2v) is 4.54. The highest BCUT2D eigenvalue weighted by Gasteiger charge is 2.10. The molecule has 1 aromatic rings. The van der Waals surface area contributed by atoms with Crippen LogP contribution >= 0.6 is 38.5 Å². The molecular formula is C8H6BrIO3. The molecule has 2 N–H and O–H groups in total. The number of halogens is 2. The summed E-state index contributed by atoms with van der Waals surface area (Å²) < 4.78 is 1.41. The second-order valence-electron chi connectivity index (χ2n) is 2.47. The van der Waals surface area contributed by atoms with Crippen LogP contribution in [0.2, 0.25) is 0 Å². The van der Waals surface area contributed by atoms with E-state index in [9.17, 15) is 9.90 Å². The predicted octanol–water partition coefficient (Wildman–Crippen LogP) is 2.39. The number of phenolic OH excluding ortho intramolecular Hbond substituents is 1. The number of hydrogen-bond acceptors (Lipinski definition) is 2. The van der Waals surface area contributed by atoms with Crippen molar-refractivity contribution in [3.63, 3.8) is 0 Å². The molecule has 0 unspecified atom stereocenters. The molecule has 0 bridgehead atoms. The summed E-state index contributed by atoms with van der Waals surface area (Å²) in [5.41, 5.74) is 0.422. The Morgan fingerprint density at radius 1 is 1.54 bits per heavy atom. The Morgan fingerprint density at radius 2 is 2.15 bits per heavy atom. The lowest BCUT2D eigenvalue weighted by Gasteiger charge is -2.04. The number of aliphatic carboxylic acids is 1. The van der Waals surface area contributed by atoms with Crippen molar-refractivity contribution in [2.45, 2.75) is 6.42 Å². The van der Waals surface area contributed by atoms with Crippen LogP contribution in [0.15, 0.2) is 16.6 Å². The number of benzene rings is 1. The van der Waals surface area contributed by atoms with Gasteiger partial charge in [-0.15, -0.1) is 0 Å². The minimum atomic E-state index is -0.954. The zero-order valence-corrected chi connectivity index (χ0v) is 10.2. The molecule has 0 heterocycles. The third-order valence-electron chi connectivity index (χ3n) is 1.45. The third-order valence-corrected chi connectivity index (χ3v) is 2.73. The SMILES string of the molecule is O=C(O)Cc1cc(Br)cc(I)c1O. The summed E-state index contributed by atoms with van der Waals surface area (Å²) in [5.74, 6) is -0.907.